The van der Waals surface area contributed by atoms with E-state index in [9.17, 15) is 22.0 Å². The van der Waals surface area contributed by atoms with Crippen LogP contribution in [0.25, 0.3) is 0 Å². The number of hydrogen-bond acceptors (Lipinski definition) is 4. The predicted molar refractivity (Wildman–Crippen MR) is 81.8 cm³/mol. The van der Waals surface area contributed by atoms with Gasteiger partial charge in [0.25, 0.3) is 0 Å². The van der Waals surface area contributed by atoms with Crippen LogP contribution in [-0.2, 0) is 13.3 Å². The lowest BCUT2D eigenvalue weighted by Gasteiger charge is -2.27. The number of rotatable bonds is 11. The second-order valence-electron chi connectivity index (χ2n) is 4.96. The Hall–Kier alpha value is -1.23. The second-order valence-corrected chi connectivity index (χ2v) is 7.81. The molecule has 1 aromatic carbocycles. The van der Waals surface area contributed by atoms with Gasteiger partial charge in [-0.2, -0.15) is 8.78 Å². The van der Waals surface area contributed by atoms with Crippen LogP contribution in [0, 0.1) is 29.1 Å². The minimum Gasteiger partial charge on any atom is -0.487 e. The summed E-state index contributed by atoms with van der Waals surface area (Å²) in [5.74, 6) is -11.5. The van der Waals surface area contributed by atoms with Crippen molar-refractivity contribution in [3.8, 4) is 5.75 Å². The highest BCUT2D eigenvalue weighted by Gasteiger charge is 2.38. The molecule has 0 saturated heterocycles. The average Bonchev–Trinajstić information content (AvgIpc) is 2.60. The lowest BCUT2D eigenvalue weighted by atomic mass is 10.2. The molecule has 0 aromatic heterocycles. The van der Waals surface area contributed by atoms with Crippen molar-refractivity contribution in [3.63, 3.8) is 0 Å². The fourth-order valence-electron chi connectivity index (χ4n) is 2.18. The van der Waals surface area contributed by atoms with Gasteiger partial charge in [0.15, 0.2) is 5.75 Å². The minimum absolute atomic E-state index is 0.231. The summed E-state index contributed by atoms with van der Waals surface area (Å²) >= 11 is 0. The van der Waals surface area contributed by atoms with Crippen LogP contribution in [0.2, 0.25) is 6.04 Å². The van der Waals surface area contributed by atoms with Crippen LogP contribution in [0.3, 0.4) is 0 Å². The van der Waals surface area contributed by atoms with Gasteiger partial charge >= 0.3 is 8.80 Å². The predicted octanol–water partition coefficient (Wildman–Crippen LogP) is 4.20. The van der Waals surface area contributed by atoms with Crippen LogP contribution < -0.4 is 4.74 Å². The number of halogens is 5. The van der Waals surface area contributed by atoms with Crippen LogP contribution in [-0.4, -0.2) is 35.7 Å². The van der Waals surface area contributed by atoms with E-state index in [4.69, 9.17) is 18.0 Å². The van der Waals surface area contributed by atoms with Gasteiger partial charge in [-0.15, -0.1) is 0 Å². The van der Waals surface area contributed by atoms with Crippen LogP contribution in [0.4, 0.5) is 22.0 Å². The molecular formula is C15H21F5O4Si. The quantitative estimate of drug-likeness (QED) is 0.187. The maximum absolute atomic E-state index is 13.5. The SMILES string of the molecule is CCO[Si](CCCCOc1c(F)c(F)c(F)c(F)c1F)(OC)OCC. The topological polar surface area (TPSA) is 36.9 Å². The van der Waals surface area contributed by atoms with Crippen LogP contribution >= 0.6 is 0 Å². The Morgan fingerprint density at radius 2 is 1.24 bits per heavy atom. The van der Waals surface area contributed by atoms with Gasteiger partial charge in [-0.1, -0.05) is 0 Å². The van der Waals surface area contributed by atoms with Gasteiger partial charge in [-0.25, -0.2) is 13.2 Å². The molecule has 0 aliphatic rings. The lowest BCUT2D eigenvalue weighted by Crippen LogP contribution is -2.44. The number of hydrogen-bond donors (Lipinski definition) is 0. The molecule has 25 heavy (non-hydrogen) atoms. The summed E-state index contributed by atoms with van der Waals surface area (Å²) in [7, 11) is -1.34. The third-order valence-electron chi connectivity index (χ3n) is 3.33. The zero-order valence-corrected chi connectivity index (χ0v) is 15.3. The summed E-state index contributed by atoms with van der Waals surface area (Å²) in [6, 6.07) is 0.436. The van der Waals surface area contributed by atoms with E-state index in [0.717, 1.165) is 0 Å². The van der Waals surface area contributed by atoms with Gasteiger partial charge in [0.05, 0.1) is 6.61 Å². The molecule has 0 N–H and O–H groups in total. The molecule has 10 heteroatoms. The molecule has 0 atom stereocenters. The Balaban J connectivity index is 2.62. The molecule has 0 radical (unpaired) electrons. The largest absolute Gasteiger partial charge is 0.500 e. The van der Waals surface area contributed by atoms with Gasteiger partial charge in [0, 0.05) is 26.4 Å². The van der Waals surface area contributed by atoms with Crippen LogP contribution in [0.5, 0.6) is 5.75 Å². The lowest BCUT2D eigenvalue weighted by molar-refractivity contribution is 0.0856. The zero-order valence-electron chi connectivity index (χ0n) is 14.3. The van der Waals surface area contributed by atoms with E-state index >= 15 is 0 Å². The number of benzene rings is 1. The molecule has 4 nitrogen and oxygen atoms in total. The molecule has 0 spiro atoms. The number of unbranched alkanes of at least 4 members (excludes halogenated alkanes) is 1. The second kappa shape index (κ2) is 10.0. The van der Waals surface area contributed by atoms with Crippen molar-refractivity contribution >= 4 is 8.80 Å². The van der Waals surface area contributed by atoms with E-state index in [2.05, 4.69) is 0 Å². The first-order valence-electron chi connectivity index (χ1n) is 7.80. The van der Waals surface area contributed by atoms with Crippen molar-refractivity contribution in [3.05, 3.63) is 29.1 Å². The molecule has 1 rings (SSSR count). The highest BCUT2D eigenvalue weighted by Crippen LogP contribution is 2.29. The highest BCUT2D eigenvalue weighted by atomic mass is 28.4. The monoisotopic (exact) mass is 388 g/mol. The van der Waals surface area contributed by atoms with E-state index in [0.29, 0.717) is 25.7 Å². The standard InChI is InChI=1S/C15H21F5O4Si/c1-4-23-25(21-3,24-5-2)9-7-6-8-22-15-13(19)11(17)10(16)12(18)14(15)20/h4-9H2,1-3H3. The van der Waals surface area contributed by atoms with Gasteiger partial charge in [-0.3, -0.25) is 0 Å². The normalized spacial score (nSPS) is 11.8. The van der Waals surface area contributed by atoms with E-state index in [1.54, 1.807) is 13.8 Å². The Kier molecular flexibility index (Phi) is 8.76. The van der Waals surface area contributed by atoms with Crippen molar-refractivity contribution in [2.75, 3.05) is 26.9 Å². The third kappa shape index (κ3) is 5.37. The average molecular weight is 388 g/mol. The van der Waals surface area contributed by atoms with Gasteiger partial charge < -0.3 is 18.0 Å². The Labute approximate surface area is 144 Å². The first-order chi connectivity index (χ1) is 11.8. The van der Waals surface area contributed by atoms with Gasteiger partial charge in [-0.05, 0) is 26.7 Å². The van der Waals surface area contributed by atoms with Gasteiger partial charge in [0.1, 0.15) is 0 Å². The van der Waals surface area contributed by atoms with Crippen LogP contribution in [0.1, 0.15) is 26.7 Å². The molecule has 0 saturated carbocycles. The van der Waals surface area contributed by atoms with E-state index in [-0.39, 0.29) is 13.0 Å². The van der Waals surface area contributed by atoms with Crippen molar-refractivity contribution in [2.45, 2.75) is 32.7 Å². The Bertz CT molecular complexity index is 538. The molecule has 144 valence electrons. The van der Waals surface area contributed by atoms with Crippen molar-refractivity contribution in [1.82, 2.24) is 0 Å². The summed E-state index contributed by atoms with van der Waals surface area (Å²) in [5, 5.41) is 0. The molecule has 0 unspecified atom stereocenters. The van der Waals surface area contributed by atoms with Crippen molar-refractivity contribution in [2.24, 2.45) is 0 Å². The molecule has 0 fully saturated rings. The fourth-order valence-corrected chi connectivity index (χ4v) is 4.55. The molecule has 0 aliphatic carbocycles. The molecular weight excluding hydrogens is 367 g/mol. The Morgan fingerprint density at radius 3 is 1.68 bits per heavy atom. The molecule has 0 heterocycles. The third-order valence-corrected chi connectivity index (χ3v) is 6.38. The Morgan fingerprint density at radius 1 is 0.760 bits per heavy atom. The maximum Gasteiger partial charge on any atom is 0.500 e. The maximum atomic E-state index is 13.5. The zero-order chi connectivity index (χ0) is 19.0. The molecule has 1 aromatic rings. The van der Waals surface area contributed by atoms with Crippen molar-refractivity contribution < 1.29 is 40.0 Å². The molecule has 0 aliphatic heterocycles. The van der Waals surface area contributed by atoms with E-state index in [1.807, 2.05) is 0 Å². The molecule has 0 amide bonds. The summed E-state index contributed by atoms with van der Waals surface area (Å²) < 4.78 is 87.2. The number of ether oxygens (including phenoxy) is 1. The van der Waals surface area contributed by atoms with Crippen molar-refractivity contribution in [1.29, 1.82) is 0 Å². The first-order valence-corrected chi connectivity index (χ1v) is 9.74. The van der Waals surface area contributed by atoms with Crippen LogP contribution in [0.15, 0.2) is 0 Å². The summed E-state index contributed by atoms with van der Waals surface area (Å²) in [5.41, 5.74) is 0. The summed E-state index contributed by atoms with van der Waals surface area (Å²) in [6.07, 6.45) is 0.757. The van der Waals surface area contributed by atoms with E-state index < -0.39 is 43.6 Å². The fraction of sp³-hybridized carbons (Fsp3) is 0.600. The van der Waals surface area contributed by atoms with E-state index in [1.165, 1.54) is 7.11 Å². The first kappa shape index (κ1) is 21.8. The summed E-state index contributed by atoms with van der Waals surface area (Å²) in [6.45, 7) is 4.17. The minimum atomic E-state index is -2.82. The van der Waals surface area contributed by atoms with Gasteiger partial charge in [0.2, 0.25) is 29.1 Å². The smallest absolute Gasteiger partial charge is 0.487 e. The highest BCUT2D eigenvalue weighted by molar-refractivity contribution is 6.60. The summed E-state index contributed by atoms with van der Waals surface area (Å²) in [4.78, 5) is 0. The molecule has 0 bridgehead atoms.